The van der Waals surface area contributed by atoms with Crippen molar-refractivity contribution >= 4 is 15.9 Å². The van der Waals surface area contributed by atoms with Gasteiger partial charge in [-0.05, 0) is 30.6 Å². The van der Waals surface area contributed by atoms with E-state index in [0.29, 0.717) is 11.3 Å². The van der Waals surface area contributed by atoms with Crippen molar-refractivity contribution in [2.75, 3.05) is 5.33 Å². The first-order chi connectivity index (χ1) is 5.05. The third kappa shape index (κ3) is 2.45. The third-order valence-corrected chi connectivity index (χ3v) is 3.37. The molecule has 0 heterocycles. The van der Waals surface area contributed by atoms with Crippen molar-refractivity contribution in [2.24, 2.45) is 11.3 Å². The van der Waals surface area contributed by atoms with Gasteiger partial charge in [-0.15, -0.1) is 0 Å². The predicted octanol–water partition coefficient (Wildman–Crippen LogP) is 2.57. The number of hydrogen-bond donors (Lipinski definition) is 1. The molecular weight excluding hydrogens is 204 g/mol. The zero-order chi connectivity index (χ0) is 8.48. The quantitative estimate of drug-likeness (QED) is 0.710. The Kier molecular flexibility index (Phi) is 2.98. The first kappa shape index (κ1) is 9.53. The molecule has 1 fully saturated rings. The first-order valence-corrected chi connectivity index (χ1v) is 5.41. The molecule has 0 aliphatic heterocycles. The lowest BCUT2D eigenvalue weighted by atomic mass is 9.89. The van der Waals surface area contributed by atoms with Crippen LogP contribution in [0.2, 0.25) is 0 Å². The van der Waals surface area contributed by atoms with Crippen molar-refractivity contribution in [3.05, 3.63) is 0 Å². The Morgan fingerprint density at radius 3 is 2.64 bits per heavy atom. The molecule has 0 radical (unpaired) electrons. The molecular formula is C9H17BrO. The summed E-state index contributed by atoms with van der Waals surface area (Å²) in [4.78, 5) is 0. The van der Waals surface area contributed by atoms with Crippen molar-refractivity contribution in [3.8, 4) is 0 Å². The molecule has 11 heavy (non-hydrogen) atoms. The second kappa shape index (κ2) is 3.44. The molecule has 2 unspecified atom stereocenters. The van der Waals surface area contributed by atoms with Gasteiger partial charge in [0.05, 0.1) is 6.10 Å². The maximum absolute atomic E-state index is 9.54. The highest BCUT2D eigenvalue weighted by molar-refractivity contribution is 9.09. The fraction of sp³-hybridized carbons (Fsp3) is 1.00. The normalized spacial score (nSPS) is 32.2. The number of aliphatic hydroxyl groups is 1. The molecule has 1 aliphatic rings. The Morgan fingerprint density at radius 1 is 1.64 bits per heavy atom. The molecule has 0 spiro atoms. The van der Waals surface area contributed by atoms with Crippen molar-refractivity contribution in [1.29, 1.82) is 0 Å². The van der Waals surface area contributed by atoms with Gasteiger partial charge in [-0.1, -0.05) is 29.8 Å². The molecule has 1 nitrogen and oxygen atoms in total. The SMILES string of the molecule is CC1(C)CCC(C(O)CBr)C1. The third-order valence-electron chi connectivity index (χ3n) is 2.71. The second-order valence-electron chi connectivity index (χ2n) is 4.39. The van der Waals surface area contributed by atoms with Crippen molar-refractivity contribution < 1.29 is 5.11 Å². The summed E-state index contributed by atoms with van der Waals surface area (Å²) in [6.07, 6.45) is 3.51. The Labute approximate surface area is 77.3 Å². The van der Waals surface area contributed by atoms with E-state index >= 15 is 0 Å². The summed E-state index contributed by atoms with van der Waals surface area (Å²) in [7, 11) is 0. The summed E-state index contributed by atoms with van der Waals surface area (Å²) < 4.78 is 0. The molecule has 1 aliphatic carbocycles. The highest BCUT2D eigenvalue weighted by Crippen LogP contribution is 2.42. The van der Waals surface area contributed by atoms with Crippen LogP contribution in [0.5, 0.6) is 0 Å². The van der Waals surface area contributed by atoms with Gasteiger partial charge in [0.1, 0.15) is 0 Å². The first-order valence-electron chi connectivity index (χ1n) is 4.29. The predicted molar refractivity (Wildman–Crippen MR) is 50.9 cm³/mol. The van der Waals surface area contributed by atoms with E-state index in [1.54, 1.807) is 0 Å². The number of hydrogen-bond acceptors (Lipinski definition) is 1. The van der Waals surface area contributed by atoms with Crippen LogP contribution in [0.4, 0.5) is 0 Å². The zero-order valence-electron chi connectivity index (χ0n) is 7.31. The van der Waals surface area contributed by atoms with E-state index in [0.717, 1.165) is 5.33 Å². The number of aliphatic hydroxyl groups excluding tert-OH is 1. The minimum atomic E-state index is -0.128. The van der Waals surface area contributed by atoms with E-state index in [9.17, 15) is 5.11 Å². The van der Waals surface area contributed by atoms with Crippen LogP contribution >= 0.6 is 15.9 Å². The van der Waals surface area contributed by atoms with Gasteiger partial charge in [-0.2, -0.15) is 0 Å². The van der Waals surface area contributed by atoms with Gasteiger partial charge in [0.15, 0.2) is 0 Å². The maximum Gasteiger partial charge on any atom is 0.0665 e. The largest absolute Gasteiger partial charge is 0.392 e. The van der Waals surface area contributed by atoms with Crippen molar-refractivity contribution in [2.45, 2.75) is 39.2 Å². The molecule has 0 aromatic rings. The minimum Gasteiger partial charge on any atom is -0.392 e. The lowest BCUT2D eigenvalue weighted by molar-refractivity contribution is 0.127. The van der Waals surface area contributed by atoms with Gasteiger partial charge in [0, 0.05) is 5.33 Å². The molecule has 0 bridgehead atoms. The Morgan fingerprint density at radius 2 is 2.27 bits per heavy atom. The van der Waals surface area contributed by atoms with E-state index in [2.05, 4.69) is 29.8 Å². The number of alkyl halides is 1. The topological polar surface area (TPSA) is 20.2 Å². The van der Waals surface area contributed by atoms with Crippen LogP contribution in [-0.2, 0) is 0 Å². The summed E-state index contributed by atoms with van der Waals surface area (Å²) in [6.45, 7) is 4.57. The standard InChI is InChI=1S/C9H17BrO/c1-9(2)4-3-7(5-9)8(11)6-10/h7-8,11H,3-6H2,1-2H3. The van der Waals surface area contributed by atoms with Crippen LogP contribution in [-0.4, -0.2) is 16.5 Å². The molecule has 0 aromatic carbocycles. The average Bonchev–Trinajstić information content (AvgIpc) is 2.29. The summed E-state index contributed by atoms with van der Waals surface area (Å²) in [5.41, 5.74) is 0.466. The van der Waals surface area contributed by atoms with Crippen LogP contribution in [0.15, 0.2) is 0 Å². The van der Waals surface area contributed by atoms with Gasteiger partial charge in [-0.25, -0.2) is 0 Å². The van der Waals surface area contributed by atoms with Crippen molar-refractivity contribution in [1.82, 2.24) is 0 Å². The van der Waals surface area contributed by atoms with E-state index in [1.165, 1.54) is 19.3 Å². The zero-order valence-corrected chi connectivity index (χ0v) is 8.89. The van der Waals surface area contributed by atoms with Gasteiger partial charge >= 0.3 is 0 Å². The molecule has 2 heteroatoms. The molecule has 66 valence electrons. The van der Waals surface area contributed by atoms with Crippen LogP contribution < -0.4 is 0 Å². The Bertz CT molecular complexity index is 134. The average molecular weight is 221 g/mol. The summed E-state index contributed by atoms with van der Waals surface area (Å²) >= 11 is 3.31. The van der Waals surface area contributed by atoms with Crippen LogP contribution in [0.1, 0.15) is 33.1 Å². The minimum absolute atomic E-state index is 0.128. The van der Waals surface area contributed by atoms with Gasteiger partial charge in [0.25, 0.3) is 0 Å². The number of rotatable bonds is 2. The summed E-state index contributed by atoms with van der Waals surface area (Å²) in [6, 6.07) is 0. The lowest BCUT2D eigenvalue weighted by Gasteiger charge is -2.19. The highest BCUT2D eigenvalue weighted by Gasteiger charge is 2.34. The lowest BCUT2D eigenvalue weighted by Crippen LogP contribution is -2.20. The van der Waals surface area contributed by atoms with Crippen molar-refractivity contribution in [3.63, 3.8) is 0 Å². The van der Waals surface area contributed by atoms with Crippen LogP contribution in [0.25, 0.3) is 0 Å². The van der Waals surface area contributed by atoms with E-state index in [-0.39, 0.29) is 6.10 Å². The van der Waals surface area contributed by atoms with Gasteiger partial charge in [-0.3, -0.25) is 0 Å². The Hall–Kier alpha value is 0.440. The molecule has 2 atom stereocenters. The second-order valence-corrected chi connectivity index (χ2v) is 5.04. The van der Waals surface area contributed by atoms with E-state index < -0.39 is 0 Å². The summed E-state index contributed by atoms with van der Waals surface area (Å²) in [5, 5.41) is 10.3. The molecule has 1 N–H and O–H groups in total. The van der Waals surface area contributed by atoms with Crippen LogP contribution in [0.3, 0.4) is 0 Å². The van der Waals surface area contributed by atoms with E-state index in [1.807, 2.05) is 0 Å². The smallest absolute Gasteiger partial charge is 0.0665 e. The number of halogens is 1. The molecule has 0 saturated heterocycles. The fourth-order valence-corrected chi connectivity index (χ4v) is 2.47. The molecule has 1 saturated carbocycles. The monoisotopic (exact) mass is 220 g/mol. The molecule has 1 rings (SSSR count). The summed E-state index contributed by atoms with van der Waals surface area (Å²) in [5.74, 6) is 0.532. The molecule has 0 aromatic heterocycles. The van der Waals surface area contributed by atoms with E-state index in [4.69, 9.17) is 0 Å². The van der Waals surface area contributed by atoms with Crippen LogP contribution in [0, 0.1) is 11.3 Å². The van der Waals surface area contributed by atoms with Gasteiger partial charge < -0.3 is 5.11 Å². The fourth-order valence-electron chi connectivity index (χ4n) is 1.94. The Balaban J connectivity index is 2.41. The molecule has 0 amide bonds. The van der Waals surface area contributed by atoms with Gasteiger partial charge in [0.2, 0.25) is 0 Å². The maximum atomic E-state index is 9.54. The highest BCUT2D eigenvalue weighted by atomic mass is 79.9.